The summed E-state index contributed by atoms with van der Waals surface area (Å²) in [6.07, 6.45) is 4.70. The third-order valence-electron chi connectivity index (χ3n) is 3.99. The second-order valence-electron chi connectivity index (χ2n) is 5.80. The Morgan fingerprint density at radius 3 is 2.68 bits per heavy atom. The number of hydrogen-bond donors (Lipinski definition) is 1. The Bertz CT molecular complexity index is 1080. The molecule has 25 heavy (non-hydrogen) atoms. The van der Waals surface area contributed by atoms with Crippen molar-refractivity contribution in [3.63, 3.8) is 0 Å². The number of rotatable bonds is 5. The summed E-state index contributed by atoms with van der Waals surface area (Å²) >= 11 is 0. The molecule has 0 saturated heterocycles. The molecule has 0 bridgehead atoms. The molecule has 0 atom stereocenters. The van der Waals surface area contributed by atoms with Crippen LogP contribution in [-0.2, 0) is 6.54 Å². The number of aromatic amines is 1. The Labute approximate surface area is 141 Å². The van der Waals surface area contributed by atoms with E-state index in [1.165, 1.54) is 21.5 Å². The van der Waals surface area contributed by atoms with Gasteiger partial charge in [-0.1, -0.05) is 13.3 Å². The molecule has 9 nitrogen and oxygen atoms in total. The van der Waals surface area contributed by atoms with Crippen molar-refractivity contribution in [2.45, 2.75) is 33.2 Å². The van der Waals surface area contributed by atoms with Crippen LogP contribution in [-0.4, -0.2) is 24.0 Å². The molecule has 0 aliphatic heterocycles. The Kier molecular flexibility index (Phi) is 4.22. The van der Waals surface area contributed by atoms with Crippen LogP contribution in [0.15, 0.2) is 34.2 Å². The summed E-state index contributed by atoms with van der Waals surface area (Å²) in [6, 6.07) is 2.82. The van der Waals surface area contributed by atoms with Crippen LogP contribution in [0, 0.1) is 17.0 Å². The highest BCUT2D eigenvalue weighted by Crippen LogP contribution is 2.27. The van der Waals surface area contributed by atoms with Crippen molar-refractivity contribution < 1.29 is 4.92 Å². The number of fused-ring (bicyclic) bond motifs is 1. The van der Waals surface area contributed by atoms with Crippen molar-refractivity contribution in [2.75, 3.05) is 0 Å². The van der Waals surface area contributed by atoms with E-state index in [1.54, 1.807) is 19.2 Å². The lowest BCUT2D eigenvalue weighted by atomic mass is 10.2. The van der Waals surface area contributed by atoms with Gasteiger partial charge in [-0.15, -0.1) is 0 Å². The topological polar surface area (TPSA) is 116 Å². The van der Waals surface area contributed by atoms with E-state index in [2.05, 4.69) is 9.97 Å². The quantitative estimate of drug-likeness (QED) is 0.431. The molecular formula is C16H17N5O4. The molecule has 1 N–H and O–H groups in total. The highest BCUT2D eigenvalue weighted by molar-refractivity contribution is 5.82. The van der Waals surface area contributed by atoms with E-state index in [1.807, 2.05) is 6.92 Å². The second-order valence-corrected chi connectivity index (χ2v) is 5.80. The van der Waals surface area contributed by atoms with Gasteiger partial charge in [-0.2, -0.15) is 0 Å². The van der Waals surface area contributed by atoms with Gasteiger partial charge >= 0.3 is 11.1 Å². The van der Waals surface area contributed by atoms with Crippen molar-refractivity contribution in [1.82, 2.24) is 19.1 Å². The summed E-state index contributed by atoms with van der Waals surface area (Å²) < 4.78 is 2.90. The molecule has 130 valence electrons. The lowest BCUT2D eigenvalue weighted by Gasteiger charge is -2.11. The first-order valence-corrected chi connectivity index (χ1v) is 7.88. The fraction of sp³-hybridized carbons (Fsp3) is 0.312. The van der Waals surface area contributed by atoms with Crippen LogP contribution >= 0.6 is 0 Å². The van der Waals surface area contributed by atoms with Crippen LogP contribution in [0.25, 0.3) is 16.7 Å². The maximum absolute atomic E-state index is 12.2. The average Bonchev–Trinajstić information content (AvgIpc) is 3.00. The van der Waals surface area contributed by atoms with Gasteiger partial charge in [-0.05, 0) is 19.4 Å². The van der Waals surface area contributed by atoms with E-state index in [-0.39, 0.29) is 16.9 Å². The monoisotopic (exact) mass is 343 g/mol. The molecular weight excluding hydrogens is 326 g/mol. The fourth-order valence-corrected chi connectivity index (χ4v) is 2.74. The van der Waals surface area contributed by atoms with Crippen LogP contribution in [0.4, 0.5) is 5.69 Å². The lowest BCUT2D eigenvalue weighted by Crippen LogP contribution is -2.36. The predicted molar refractivity (Wildman–Crippen MR) is 92.3 cm³/mol. The summed E-state index contributed by atoms with van der Waals surface area (Å²) in [5.41, 5.74) is 0.0694. The summed E-state index contributed by atoms with van der Waals surface area (Å²) in [5, 5.41) is 11.5. The highest BCUT2D eigenvalue weighted by Gasteiger charge is 2.20. The molecule has 0 fully saturated rings. The van der Waals surface area contributed by atoms with Crippen LogP contribution in [0.1, 0.15) is 25.5 Å². The van der Waals surface area contributed by atoms with Crippen molar-refractivity contribution in [1.29, 1.82) is 0 Å². The molecule has 3 rings (SSSR count). The Morgan fingerprint density at radius 2 is 2.08 bits per heavy atom. The number of benzene rings is 1. The Balaban J connectivity index is 2.37. The minimum atomic E-state index is -0.788. The van der Waals surface area contributed by atoms with Gasteiger partial charge in [-0.3, -0.25) is 24.3 Å². The number of nitrogens with zero attached hydrogens (tertiary/aromatic N) is 4. The Hall–Kier alpha value is -3.23. The maximum Gasteiger partial charge on any atom is 0.316 e. The van der Waals surface area contributed by atoms with E-state index in [4.69, 9.17) is 0 Å². The Morgan fingerprint density at radius 1 is 1.32 bits per heavy atom. The smallest absolute Gasteiger partial charge is 0.316 e. The van der Waals surface area contributed by atoms with Crippen molar-refractivity contribution in [3.8, 4) is 5.69 Å². The maximum atomic E-state index is 12.2. The van der Waals surface area contributed by atoms with E-state index in [9.17, 15) is 19.7 Å². The van der Waals surface area contributed by atoms with Crippen molar-refractivity contribution in [2.24, 2.45) is 0 Å². The third kappa shape index (κ3) is 2.95. The number of H-pyrrole nitrogens is 1. The minimum absolute atomic E-state index is 0.179. The first-order valence-electron chi connectivity index (χ1n) is 7.88. The standard InChI is InChI=1S/C16H17N5O4/c1-3-4-5-20-12-7-13(19-8-10(2)17-9-19)14(21(24)25)6-11(12)18-15(22)16(20)23/h6-9H,3-5H2,1-2H3,(H,18,22). The van der Waals surface area contributed by atoms with Gasteiger partial charge in [0.2, 0.25) is 0 Å². The van der Waals surface area contributed by atoms with E-state index < -0.39 is 16.0 Å². The van der Waals surface area contributed by atoms with E-state index in [0.717, 1.165) is 12.8 Å². The number of nitro benzene ring substituents is 1. The lowest BCUT2D eigenvalue weighted by molar-refractivity contribution is -0.384. The molecule has 0 radical (unpaired) electrons. The highest BCUT2D eigenvalue weighted by atomic mass is 16.6. The number of aryl methyl sites for hydroxylation is 2. The molecule has 0 aliphatic carbocycles. The number of imidazole rings is 1. The third-order valence-corrected chi connectivity index (χ3v) is 3.99. The van der Waals surface area contributed by atoms with Crippen molar-refractivity contribution >= 4 is 16.7 Å². The van der Waals surface area contributed by atoms with Crippen LogP contribution in [0.2, 0.25) is 0 Å². The van der Waals surface area contributed by atoms with Gasteiger partial charge in [0, 0.05) is 18.8 Å². The molecule has 1 aromatic carbocycles. The zero-order valence-corrected chi connectivity index (χ0v) is 13.9. The van der Waals surface area contributed by atoms with Crippen LogP contribution in [0.5, 0.6) is 0 Å². The largest absolute Gasteiger partial charge is 0.316 e. The molecule has 0 saturated carbocycles. The molecule has 0 amide bonds. The van der Waals surface area contributed by atoms with Gasteiger partial charge in [-0.25, -0.2) is 4.98 Å². The van der Waals surface area contributed by atoms with Crippen molar-refractivity contribution in [3.05, 3.63) is 61.2 Å². The summed E-state index contributed by atoms with van der Waals surface area (Å²) in [4.78, 5) is 41.6. The number of unbranched alkanes of at least 4 members (excludes halogenated alkanes) is 1. The number of nitro groups is 1. The summed E-state index contributed by atoms with van der Waals surface area (Å²) in [5.74, 6) is 0. The minimum Gasteiger partial charge on any atom is -0.316 e. The van der Waals surface area contributed by atoms with Gasteiger partial charge in [0.05, 0.1) is 28.0 Å². The number of aromatic nitrogens is 4. The average molecular weight is 343 g/mol. The normalized spacial score (nSPS) is 11.1. The summed E-state index contributed by atoms with van der Waals surface area (Å²) in [7, 11) is 0. The first kappa shape index (κ1) is 16.6. The number of nitrogens with one attached hydrogen (secondary N) is 1. The predicted octanol–water partition coefficient (Wildman–Crippen LogP) is 1.89. The zero-order valence-electron chi connectivity index (χ0n) is 13.9. The van der Waals surface area contributed by atoms with Crippen LogP contribution in [0.3, 0.4) is 0 Å². The van der Waals surface area contributed by atoms with Gasteiger partial charge in [0.1, 0.15) is 5.69 Å². The molecule has 0 aliphatic rings. The first-order chi connectivity index (χ1) is 11.9. The molecule has 9 heteroatoms. The molecule has 3 aromatic rings. The molecule has 2 heterocycles. The van der Waals surface area contributed by atoms with Crippen LogP contribution < -0.4 is 11.1 Å². The SMILES string of the molecule is CCCCn1c(=O)c(=O)[nH]c2cc([N+](=O)[O-])c(-n3cnc(C)c3)cc21. The second kappa shape index (κ2) is 6.34. The zero-order chi connectivity index (χ0) is 18.1. The van der Waals surface area contributed by atoms with Gasteiger partial charge < -0.3 is 9.55 Å². The van der Waals surface area contributed by atoms with E-state index >= 15 is 0 Å². The van der Waals surface area contributed by atoms with Gasteiger partial charge in [0.15, 0.2) is 0 Å². The number of hydrogen-bond acceptors (Lipinski definition) is 5. The van der Waals surface area contributed by atoms with E-state index in [0.29, 0.717) is 17.8 Å². The summed E-state index contributed by atoms with van der Waals surface area (Å²) in [6.45, 7) is 4.12. The van der Waals surface area contributed by atoms with Gasteiger partial charge in [0.25, 0.3) is 5.69 Å². The molecule has 0 unspecified atom stereocenters. The molecule has 0 spiro atoms. The fourth-order valence-electron chi connectivity index (χ4n) is 2.74. The molecule has 2 aromatic heterocycles.